The van der Waals surface area contributed by atoms with Gasteiger partial charge in [0.1, 0.15) is 5.75 Å². The Labute approximate surface area is 157 Å². The number of unbranched alkanes of at least 4 members (excludes halogenated alkanes) is 5. The monoisotopic (exact) mass is 353 g/mol. The molecule has 0 saturated carbocycles. The first kappa shape index (κ1) is 20.0. The van der Waals surface area contributed by atoms with Gasteiger partial charge in [0.25, 0.3) is 5.91 Å². The molecule has 0 aliphatic heterocycles. The summed E-state index contributed by atoms with van der Waals surface area (Å²) in [6, 6.07) is 15.3. The number of amides is 1. The average molecular weight is 354 g/mol. The van der Waals surface area contributed by atoms with Gasteiger partial charge in [-0.1, -0.05) is 58.1 Å². The van der Waals surface area contributed by atoms with Crippen molar-refractivity contribution in [3.05, 3.63) is 59.7 Å². The summed E-state index contributed by atoms with van der Waals surface area (Å²) in [5.74, 6) is 0.761. The molecule has 3 heteroatoms. The van der Waals surface area contributed by atoms with Gasteiger partial charge in [0, 0.05) is 11.3 Å². The summed E-state index contributed by atoms with van der Waals surface area (Å²) in [4.78, 5) is 12.3. The third kappa shape index (κ3) is 6.91. The molecule has 0 unspecified atom stereocenters. The van der Waals surface area contributed by atoms with Crippen molar-refractivity contribution < 1.29 is 9.53 Å². The van der Waals surface area contributed by atoms with Crippen LogP contribution >= 0.6 is 0 Å². The quantitative estimate of drug-likeness (QED) is 0.486. The number of hydrogen-bond acceptors (Lipinski definition) is 2. The van der Waals surface area contributed by atoms with Crippen LogP contribution < -0.4 is 10.1 Å². The van der Waals surface area contributed by atoms with E-state index < -0.39 is 0 Å². The van der Waals surface area contributed by atoms with Gasteiger partial charge in [-0.25, -0.2) is 0 Å². The van der Waals surface area contributed by atoms with E-state index in [2.05, 4.69) is 19.2 Å². The van der Waals surface area contributed by atoms with Gasteiger partial charge >= 0.3 is 0 Å². The minimum Gasteiger partial charge on any atom is -0.494 e. The molecule has 0 bridgehead atoms. The van der Waals surface area contributed by atoms with Gasteiger partial charge in [-0.05, 0) is 54.8 Å². The molecule has 2 aromatic rings. The van der Waals surface area contributed by atoms with Gasteiger partial charge in [0.2, 0.25) is 0 Å². The normalized spacial score (nSPS) is 10.5. The summed E-state index contributed by atoms with van der Waals surface area (Å²) in [6.07, 6.45) is 8.52. The van der Waals surface area contributed by atoms with Crippen LogP contribution in [0.4, 0.5) is 5.69 Å². The number of aryl methyl sites for hydroxylation is 1. The summed E-state index contributed by atoms with van der Waals surface area (Å²) in [6.45, 7) is 5.09. The van der Waals surface area contributed by atoms with Crippen molar-refractivity contribution in [3.63, 3.8) is 0 Å². The number of anilines is 1. The third-order valence-corrected chi connectivity index (χ3v) is 4.50. The van der Waals surface area contributed by atoms with E-state index in [1.54, 1.807) is 0 Å². The Kier molecular flexibility index (Phi) is 8.74. The highest BCUT2D eigenvalue weighted by atomic mass is 16.5. The molecule has 0 fully saturated rings. The molecule has 2 rings (SSSR count). The number of carbonyl (C=O) groups excluding carboxylic acids is 1. The Balaban J connectivity index is 1.73. The zero-order valence-corrected chi connectivity index (χ0v) is 16.1. The van der Waals surface area contributed by atoms with Crippen molar-refractivity contribution in [2.45, 2.75) is 58.8 Å². The Morgan fingerprint density at radius 3 is 2.15 bits per heavy atom. The Morgan fingerprint density at radius 2 is 1.50 bits per heavy atom. The van der Waals surface area contributed by atoms with E-state index in [1.165, 1.54) is 37.7 Å². The van der Waals surface area contributed by atoms with Gasteiger partial charge < -0.3 is 10.1 Å². The van der Waals surface area contributed by atoms with Crippen LogP contribution in [-0.2, 0) is 6.42 Å². The highest BCUT2D eigenvalue weighted by Crippen LogP contribution is 2.17. The predicted molar refractivity (Wildman–Crippen MR) is 109 cm³/mol. The largest absolute Gasteiger partial charge is 0.494 e. The summed E-state index contributed by atoms with van der Waals surface area (Å²) in [7, 11) is 0. The zero-order chi connectivity index (χ0) is 18.6. The van der Waals surface area contributed by atoms with Crippen LogP contribution in [0.15, 0.2) is 48.5 Å². The van der Waals surface area contributed by atoms with Crippen LogP contribution in [0.5, 0.6) is 5.75 Å². The van der Waals surface area contributed by atoms with Crippen LogP contribution in [0.3, 0.4) is 0 Å². The van der Waals surface area contributed by atoms with Crippen molar-refractivity contribution >= 4 is 11.6 Å². The van der Waals surface area contributed by atoms with E-state index in [0.717, 1.165) is 30.9 Å². The van der Waals surface area contributed by atoms with Crippen molar-refractivity contribution in [2.24, 2.45) is 0 Å². The van der Waals surface area contributed by atoms with Crippen LogP contribution in [0.2, 0.25) is 0 Å². The van der Waals surface area contributed by atoms with E-state index in [9.17, 15) is 4.79 Å². The summed E-state index contributed by atoms with van der Waals surface area (Å²) in [5, 5.41) is 2.92. The van der Waals surface area contributed by atoms with E-state index in [1.807, 2.05) is 48.5 Å². The standard InChI is InChI=1S/C23H31NO2/c1-3-5-6-7-8-9-18-26-22-16-14-21(15-17-22)24-23(25)20-12-10-19(4-2)11-13-20/h10-17H,3-9,18H2,1-2H3,(H,24,25). The minimum atomic E-state index is -0.0894. The van der Waals surface area contributed by atoms with Crippen LogP contribution in [-0.4, -0.2) is 12.5 Å². The van der Waals surface area contributed by atoms with Gasteiger partial charge in [-0.3, -0.25) is 4.79 Å². The molecule has 2 aromatic carbocycles. The highest BCUT2D eigenvalue weighted by molar-refractivity contribution is 6.04. The molecule has 140 valence electrons. The lowest BCUT2D eigenvalue weighted by molar-refractivity contribution is 0.102. The van der Waals surface area contributed by atoms with Crippen LogP contribution in [0, 0.1) is 0 Å². The SMILES string of the molecule is CCCCCCCCOc1ccc(NC(=O)c2ccc(CC)cc2)cc1. The van der Waals surface area contributed by atoms with Gasteiger partial charge in [0.05, 0.1) is 6.61 Å². The average Bonchev–Trinajstić information content (AvgIpc) is 2.68. The Morgan fingerprint density at radius 1 is 0.846 bits per heavy atom. The lowest BCUT2D eigenvalue weighted by Gasteiger charge is -2.09. The molecule has 26 heavy (non-hydrogen) atoms. The number of nitrogens with one attached hydrogen (secondary N) is 1. The van der Waals surface area contributed by atoms with Crippen LogP contribution in [0.1, 0.15) is 68.3 Å². The highest BCUT2D eigenvalue weighted by Gasteiger charge is 2.06. The van der Waals surface area contributed by atoms with E-state index in [0.29, 0.717) is 5.56 Å². The van der Waals surface area contributed by atoms with Crippen molar-refractivity contribution in [2.75, 3.05) is 11.9 Å². The Bertz CT molecular complexity index is 647. The molecular weight excluding hydrogens is 322 g/mol. The van der Waals surface area contributed by atoms with Crippen molar-refractivity contribution in [1.82, 2.24) is 0 Å². The maximum absolute atomic E-state index is 12.3. The second-order valence-corrected chi connectivity index (χ2v) is 6.65. The topological polar surface area (TPSA) is 38.3 Å². The zero-order valence-electron chi connectivity index (χ0n) is 16.1. The summed E-state index contributed by atoms with van der Waals surface area (Å²) < 4.78 is 5.77. The molecule has 0 atom stereocenters. The molecule has 0 heterocycles. The maximum Gasteiger partial charge on any atom is 0.255 e. The number of rotatable bonds is 11. The first-order valence-corrected chi connectivity index (χ1v) is 9.86. The molecule has 1 amide bonds. The molecule has 0 aliphatic rings. The molecule has 0 radical (unpaired) electrons. The van der Waals surface area contributed by atoms with Crippen molar-refractivity contribution in [3.8, 4) is 5.75 Å². The minimum absolute atomic E-state index is 0.0894. The third-order valence-electron chi connectivity index (χ3n) is 4.50. The summed E-state index contributed by atoms with van der Waals surface area (Å²) in [5.41, 5.74) is 2.68. The number of benzene rings is 2. The number of carbonyl (C=O) groups is 1. The second kappa shape index (κ2) is 11.3. The molecule has 0 aliphatic carbocycles. The molecule has 0 spiro atoms. The van der Waals surface area contributed by atoms with Gasteiger partial charge in [-0.2, -0.15) is 0 Å². The van der Waals surface area contributed by atoms with E-state index in [4.69, 9.17) is 4.74 Å². The fourth-order valence-corrected chi connectivity index (χ4v) is 2.80. The molecule has 3 nitrogen and oxygen atoms in total. The maximum atomic E-state index is 12.3. The smallest absolute Gasteiger partial charge is 0.255 e. The summed E-state index contributed by atoms with van der Waals surface area (Å²) >= 11 is 0. The number of hydrogen-bond donors (Lipinski definition) is 1. The second-order valence-electron chi connectivity index (χ2n) is 6.65. The lowest BCUT2D eigenvalue weighted by atomic mass is 10.1. The van der Waals surface area contributed by atoms with Crippen LogP contribution in [0.25, 0.3) is 0 Å². The lowest BCUT2D eigenvalue weighted by Crippen LogP contribution is -2.11. The first-order valence-electron chi connectivity index (χ1n) is 9.86. The predicted octanol–water partition coefficient (Wildman–Crippen LogP) is 6.24. The fourth-order valence-electron chi connectivity index (χ4n) is 2.80. The Hall–Kier alpha value is -2.29. The van der Waals surface area contributed by atoms with E-state index >= 15 is 0 Å². The number of ether oxygens (including phenoxy) is 1. The first-order chi connectivity index (χ1) is 12.7. The van der Waals surface area contributed by atoms with Crippen molar-refractivity contribution in [1.29, 1.82) is 0 Å². The molecular formula is C23H31NO2. The van der Waals surface area contributed by atoms with E-state index in [-0.39, 0.29) is 5.91 Å². The van der Waals surface area contributed by atoms with Gasteiger partial charge in [0.15, 0.2) is 0 Å². The van der Waals surface area contributed by atoms with Gasteiger partial charge in [-0.15, -0.1) is 0 Å². The molecule has 0 aromatic heterocycles. The molecule has 0 saturated heterocycles. The fraction of sp³-hybridized carbons (Fsp3) is 0.435. The molecule has 1 N–H and O–H groups in total.